The second kappa shape index (κ2) is 57.5. The van der Waals surface area contributed by atoms with Crippen LogP contribution in [0.5, 0.6) is 0 Å². The highest BCUT2D eigenvalue weighted by Crippen LogP contribution is 2.45. The van der Waals surface area contributed by atoms with Crippen molar-refractivity contribution in [3.8, 4) is 0 Å². The highest BCUT2D eigenvalue weighted by atomic mass is 31.2. The van der Waals surface area contributed by atoms with Crippen LogP contribution < -0.4 is 0 Å². The van der Waals surface area contributed by atoms with Crippen molar-refractivity contribution in [1.29, 1.82) is 0 Å². The summed E-state index contributed by atoms with van der Waals surface area (Å²) in [5.41, 5.74) is 0. The lowest BCUT2D eigenvalue weighted by atomic mass is 10.0. The van der Waals surface area contributed by atoms with Crippen LogP contribution in [0.2, 0.25) is 0 Å². The summed E-state index contributed by atoms with van der Waals surface area (Å²) in [5.74, 6) is -0.792. The quantitative estimate of drug-likeness (QED) is 0.0222. The molecule has 0 spiro atoms. The first-order valence-electron chi connectivity index (χ1n) is 34.0. The monoisotopic (exact) mass is 1240 g/mol. The normalized spacial score (nSPS) is 14.3. The van der Waals surface area contributed by atoms with Crippen LogP contribution in [-0.4, -0.2) is 96.7 Å². The zero-order valence-corrected chi connectivity index (χ0v) is 56.0. The van der Waals surface area contributed by atoms with Gasteiger partial charge in [-0.3, -0.25) is 37.3 Å². The molecular formula is C65H126O17P2. The van der Waals surface area contributed by atoms with E-state index in [-0.39, 0.29) is 25.7 Å². The third-order valence-electron chi connectivity index (χ3n) is 15.0. The lowest BCUT2D eigenvalue weighted by Gasteiger charge is -2.21. The van der Waals surface area contributed by atoms with E-state index >= 15 is 0 Å². The van der Waals surface area contributed by atoms with Crippen molar-refractivity contribution in [2.75, 3.05) is 39.6 Å². The van der Waals surface area contributed by atoms with Gasteiger partial charge in [-0.15, -0.1) is 0 Å². The summed E-state index contributed by atoms with van der Waals surface area (Å²) in [4.78, 5) is 72.1. The highest BCUT2D eigenvalue weighted by molar-refractivity contribution is 7.47. The van der Waals surface area contributed by atoms with Crippen LogP contribution in [0.1, 0.15) is 324 Å². The van der Waals surface area contributed by atoms with Gasteiger partial charge in [-0.05, 0) is 37.5 Å². The van der Waals surface area contributed by atoms with Crippen molar-refractivity contribution >= 4 is 39.5 Å². The van der Waals surface area contributed by atoms with Crippen LogP contribution in [0, 0.1) is 11.8 Å². The minimum atomic E-state index is -4.94. The summed E-state index contributed by atoms with van der Waals surface area (Å²) in [5, 5.41) is 10.5. The number of carbonyl (C=O) groups excluding carboxylic acids is 4. The van der Waals surface area contributed by atoms with E-state index in [2.05, 4.69) is 41.5 Å². The van der Waals surface area contributed by atoms with E-state index < -0.39 is 97.5 Å². The fourth-order valence-corrected chi connectivity index (χ4v) is 11.3. The largest absolute Gasteiger partial charge is 0.472 e. The predicted molar refractivity (Wildman–Crippen MR) is 335 cm³/mol. The number of ether oxygens (including phenoxy) is 4. The molecular weight excluding hydrogens is 1110 g/mol. The molecule has 0 aliphatic heterocycles. The van der Waals surface area contributed by atoms with Gasteiger partial charge in [-0.25, -0.2) is 9.13 Å². The number of phosphoric ester groups is 2. The first-order chi connectivity index (χ1) is 40.4. The molecule has 0 aliphatic carbocycles. The second-order valence-electron chi connectivity index (χ2n) is 24.5. The van der Waals surface area contributed by atoms with E-state index in [1.165, 1.54) is 128 Å². The van der Waals surface area contributed by atoms with E-state index in [1.54, 1.807) is 0 Å². The van der Waals surface area contributed by atoms with Gasteiger partial charge in [0.25, 0.3) is 0 Å². The Morgan fingerprint density at radius 1 is 0.321 bits per heavy atom. The summed E-state index contributed by atoms with van der Waals surface area (Å²) in [7, 11) is -9.88. The minimum absolute atomic E-state index is 0.102. The summed E-state index contributed by atoms with van der Waals surface area (Å²) >= 11 is 0. The molecule has 498 valence electrons. The Balaban J connectivity index is 5.16. The molecule has 0 saturated heterocycles. The zero-order chi connectivity index (χ0) is 62.2. The maximum Gasteiger partial charge on any atom is 0.472 e. The third-order valence-corrected chi connectivity index (χ3v) is 16.9. The Morgan fingerprint density at radius 2 is 0.548 bits per heavy atom. The number of hydrogen-bond acceptors (Lipinski definition) is 15. The molecule has 0 aromatic heterocycles. The number of unbranched alkanes of at least 4 members (excludes halogenated alkanes) is 34. The Labute approximate surface area is 511 Å². The molecule has 2 unspecified atom stereocenters. The zero-order valence-electron chi connectivity index (χ0n) is 54.2. The van der Waals surface area contributed by atoms with Crippen molar-refractivity contribution in [1.82, 2.24) is 0 Å². The van der Waals surface area contributed by atoms with Gasteiger partial charge in [-0.1, -0.05) is 273 Å². The molecule has 19 heteroatoms. The molecule has 5 atom stereocenters. The van der Waals surface area contributed by atoms with Gasteiger partial charge < -0.3 is 33.8 Å². The third kappa shape index (κ3) is 59.0. The van der Waals surface area contributed by atoms with E-state index in [0.717, 1.165) is 103 Å². The summed E-state index contributed by atoms with van der Waals surface area (Å²) in [6.07, 6.45) is 40.8. The molecule has 0 radical (unpaired) electrons. The number of hydrogen-bond donors (Lipinski definition) is 3. The van der Waals surface area contributed by atoms with E-state index in [1.807, 2.05) is 0 Å². The van der Waals surface area contributed by atoms with Gasteiger partial charge >= 0.3 is 39.5 Å². The van der Waals surface area contributed by atoms with E-state index in [0.29, 0.717) is 37.5 Å². The van der Waals surface area contributed by atoms with E-state index in [9.17, 15) is 43.2 Å². The molecule has 17 nitrogen and oxygen atoms in total. The lowest BCUT2D eigenvalue weighted by molar-refractivity contribution is -0.161. The molecule has 0 heterocycles. The standard InChI is InChI=1S/C65H126O17P2/c1-7-9-11-13-15-17-18-19-20-21-22-23-24-25-26-28-37-43-49-64(69)81-60(54-76-63(68)48-42-36-31-29-33-39-45-57(3)4)55-79-83(71,72)77-51-59(66)52-78-84(73,74)80-56-61(53-75-62(67)47-41-35-27-16-14-12-10-8-2)82-65(70)50-44-38-32-30-34-40-46-58(5)6/h57-61,66H,7-56H2,1-6H3,(H,71,72)(H,73,74)/t59-,60-,61-/m1/s1. The van der Waals surface area contributed by atoms with Gasteiger partial charge in [0.1, 0.15) is 19.3 Å². The smallest absolute Gasteiger partial charge is 0.462 e. The molecule has 0 rings (SSSR count). The molecule has 0 saturated carbocycles. The molecule has 0 aromatic carbocycles. The first-order valence-corrected chi connectivity index (χ1v) is 37.0. The number of esters is 4. The fraction of sp³-hybridized carbons (Fsp3) is 0.938. The van der Waals surface area contributed by atoms with E-state index in [4.69, 9.17) is 37.0 Å². The van der Waals surface area contributed by atoms with Crippen LogP contribution in [0.3, 0.4) is 0 Å². The number of phosphoric acid groups is 2. The van der Waals surface area contributed by atoms with Crippen molar-refractivity contribution in [2.24, 2.45) is 11.8 Å². The predicted octanol–water partition coefficient (Wildman–Crippen LogP) is 18.0. The molecule has 0 amide bonds. The van der Waals surface area contributed by atoms with Gasteiger partial charge in [0.2, 0.25) is 0 Å². The first kappa shape index (κ1) is 82.1. The Hall–Kier alpha value is -1.94. The summed E-state index contributed by atoms with van der Waals surface area (Å²) in [6.45, 7) is 9.30. The maximum atomic E-state index is 13.0. The SMILES string of the molecule is CCCCCCCCCCCCCCCCCCCCC(=O)O[C@H](COC(=O)CCCCCCCCC(C)C)COP(=O)(O)OC[C@@H](O)COP(=O)(O)OC[C@@H](COC(=O)CCCCCCCCCC)OC(=O)CCCCCCCCC(C)C. The lowest BCUT2D eigenvalue weighted by Crippen LogP contribution is -2.30. The van der Waals surface area contributed by atoms with Gasteiger partial charge in [0.05, 0.1) is 26.4 Å². The second-order valence-corrected chi connectivity index (χ2v) is 27.4. The fourth-order valence-electron chi connectivity index (χ4n) is 9.71. The number of aliphatic hydroxyl groups is 1. The molecule has 0 aliphatic rings. The molecule has 84 heavy (non-hydrogen) atoms. The molecule has 0 fully saturated rings. The van der Waals surface area contributed by atoms with Crippen LogP contribution in [-0.2, 0) is 65.4 Å². The average molecular weight is 1240 g/mol. The highest BCUT2D eigenvalue weighted by Gasteiger charge is 2.30. The van der Waals surface area contributed by atoms with Gasteiger partial charge in [-0.2, -0.15) is 0 Å². The Kier molecular flexibility index (Phi) is 56.2. The summed E-state index contributed by atoms with van der Waals surface area (Å²) in [6, 6.07) is 0. The number of aliphatic hydroxyl groups excluding tert-OH is 1. The van der Waals surface area contributed by atoms with Crippen molar-refractivity contribution in [3.05, 3.63) is 0 Å². The molecule has 0 bridgehead atoms. The Morgan fingerprint density at radius 3 is 0.810 bits per heavy atom. The number of rotatable bonds is 64. The van der Waals surface area contributed by atoms with Crippen LogP contribution in [0.15, 0.2) is 0 Å². The van der Waals surface area contributed by atoms with Crippen molar-refractivity contribution in [3.63, 3.8) is 0 Å². The van der Waals surface area contributed by atoms with Crippen molar-refractivity contribution in [2.45, 2.75) is 342 Å². The molecule has 0 aromatic rings. The van der Waals surface area contributed by atoms with Crippen LogP contribution >= 0.6 is 15.6 Å². The van der Waals surface area contributed by atoms with Gasteiger partial charge in [0, 0.05) is 25.7 Å². The maximum absolute atomic E-state index is 13.0. The average Bonchev–Trinajstić information content (AvgIpc) is 3.63. The van der Waals surface area contributed by atoms with Gasteiger partial charge in [0.15, 0.2) is 12.2 Å². The van der Waals surface area contributed by atoms with Crippen molar-refractivity contribution < 1.29 is 80.2 Å². The summed E-state index contributed by atoms with van der Waals surface area (Å²) < 4.78 is 67.9. The molecule has 3 N–H and O–H groups in total. The number of carbonyl (C=O) groups is 4. The Bertz CT molecular complexity index is 1650. The van der Waals surface area contributed by atoms with Crippen LogP contribution in [0.4, 0.5) is 0 Å². The van der Waals surface area contributed by atoms with Crippen LogP contribution in [0.25, 0.3) is 0 Å². The topological polar surface area (TPSA) is 237 Å². The minimum Gasteiger partial charge on any atom is -0.462 e.